The lowest BCUT2D eigenvalue weighted by atomic mass is 9.92. The first kappa shape index (κ1) is 14.7. The molecule has 0 aliphatic heterocycles. The fraction of sp³-hybridized carbons (Fsp3) is 0.0909. The van der Waals surface area contributed by atoms with Crippen LogP contribution in [0.15, 0.2) is 78.9 Å². The van der Waals surface area contributed by atoms with Crippen molar-refractivity contribution in [2.24, 2.45) is 0 Å². The molecular weight excluding hydrogens is 296 g/mol. The lowest BCUT2D eigenvalue weighted by Crippen LogP contribution is -2.01. The maximum Gasteiger partial charge on any atom is 0.119 e. The molecule has 0 heterocycles. The summed E-state index contributed by atoms with van der Waals surface area (Å²) in [5.41, 5.74) is 1.74. The molecule has 118 valence electrons. The van der Waals surface area contributed by atoms with Crippen LogP contribution in [0.4, 0.5) is 0 Å². The summed E-state index contributed by atoms with van der Waals surface area (Å²) in [4.78, 5) is 0. The third-order valence-electron chi connectivity index (χ3n) is 4.50. The highest BCUT2D eigenvalue weighted by Gasteiger charge is 2.16. The van der Waals surface area contributed by atoms with Crippen molar-refractivity contribution in [3.63, 3.8) is 0 Å². The quantitative estimate of drug-likeness (QED) is 0.534. The van der Waals surface area contributed by atoms with Crippen molar-refractivity contribution in [1.29, 1.82) is 0 Å². The molecule has 0 aliphatic carbocycles. The molecule has 0 saturated heterocycles. The van der Waals surface area contributed by atoms with E-state index in [1.807, 2.05) is 48.5 Å². The Morgan fingerprint density at radius 1 is 0.750 bits per heavy atom. The number of aliphatic hydroxyl groups is 1. The largest absolute Gasteiger partial charge is 0.497 e. The van der Waals surface area contributed by atoms with Gasteiger partial charge in [-0.15, -0.1) is 0 Å². The maximum atomic E-state index is 11.0. The van der Waals surface area contributed by atoms with Crippen molar-refractivity contribution < 1.29 is 9.84 Å². The van der Waals surface area contributed by atoms with E-state index in [0.717, 1.165) is 33.0 Å². The Balaban J connectivity index is 1.97. The van der Waals surface area contributed by atoms with Gasteiger partial charge < -0.3 is 9.84 Å². The number of benzene rings is 4. The number of hydrogen-bond donors (Lipinski definition) is 1. The summed E-state index contributed by atoms with van der Waals surface area (Å²) in [6, 6.07) is 26.2. The summed E-state index contributed by atoms with van der Waals surface area (Å²) in [7, 11) is 1.64. The van der Waals surface area contributed by atoms with E-state index >= 15 is 0 Å². The first-order valence-corrected chi connectivity index (χ1v) is 8.00. The average Bonchev–Trinajstić information content (AvgIpc) is 2.67. The highest BCUT2D eigenvalue weighted by atomic mass is 16.5. The molecule has 4 rings (SSSR count). The van der Waals surface area contributed by atoms with Gasteiger partial charge in [0.05, 0.1) is 7.11 Å². The zero-order chi connectivity index (χ0) is 16.5. The fourth-order valence-electron chi connectivity index (χ4n) is 3.30. The maximum absolute atomic E-state index is 11.0. The predicted molar refractivity (Wildman–Crippen MR) is 98.5 cm³/mol. The Labute approximate surface area is 140 Å². The summed E-state index contributed by atoms with van der Waals surface area (Å²) in [6.45, 7) is 0. The van der Waals surface area contributed by atoms with E-state index in [1.165, 1.54) is 5.39 Å². The van der Waals surface area contributed by atoms with E-state index in [9.17, 15) is 5.11 Å². The van der Waals surface area contributed by atoms with Gasteiger partial charge in [-0.3, -0.25) is 0 Å². The van der Waals surface area contributed by atoms with Crippen molar-refractivity contribution in [3.05, 3.63) is 90.0 Å². The fourth-order valence-corrected chi connectivity index (χ4v) is 3.30. The summed E-state index contributed by atoms with van der Waals surface area (Å²) in [5.74, 6) is 0.747. The molecule has 0 aromatic heterocycles. The van der Waals surface area contributed by atoms with Crippen LogP contribution >= 0.6 is 0 Å². The van der Waals surface area contributed by atoms with Crippen molar-refractivity contribution >= 4 is 21.5 Å². The summed E-state index contributed by atoms with van der Waals surface area (Å²) in [5, 5.41) is 15.6. The molecule has 1 atom stereocenters. The first-order valence-electron chi connectivity index (χ1n) is 8.00. The van der Waals surface area contributed by atoms with Gasteiger partial charge >= 0.3 is 0 Å². The molecule has 2 nitrogen and oxygen atoms in total. The van der Waals surface area contributed by atoms with Gasteiger partial charge in [-0.05, 0) is 50.9 Å². The van der Waals surface area contributed by atoms with Crippen LogP contribution in [0.1, 0.15) is 17.2 Å². The molecular formula is C22H18O2. The predicted octanol–water partition coefficient (Wildman–Crippen LogP) is 5.08. The lowest BCUT2D eigenvalue weighted by molar-refractivity contribution is 0.221. The van der Waals surface area contributed by atoms with Crippen LogP contribution < -0.4 is 4.74 Å². The number of ether oxygens (including phenoxy) is 1. The van der Waals surface area contributed by atoms with E-state index in [4.69, 9.17) is 4.74 Å². The number of hydrogen-bond acceptors (Lipinski definition) is 2. The molecule has 0 saturated carbocycles. The van der Waals surface area contributed by atoms with Crippen LogP contribution in [-0.2, 0) is 0 Å². The molecule has 0 unspecified atom stereocenters. The van der Waals surface area contributed by atoms with Gasteiger partial charge in [-0.25, -0.2) is 0 Å². The van der Waals surface area contributed by atoms with Crippen LogP contribution in [0.25, 0.3) is 21.5 Å². The number of fused-ring (bicyclic) bond motifs is 3. The zero-order valence-electron chi connectivity index (χ0n) is 13.4. The number of aliphatic hydroxyl groups excluding tert-OH is 1. The third-order valence-corrected chi connectivity index (χ3v) is 4.50. The second kappa shape index (κ2) is 5.99. The summed E-state index contributed by atoms with van der Waals surface area (Å²) < 4.78 is 5.29. The van der Waals surface area contributed by atoms with E-state index < -0.39 is 6.10 Å². The molecule has 24 heavy (non-hydrogen) atoms. The molecule has 0 spiro atoms. The van der Waals surface area contributed by atoms with Crippen LogP contribution in [0.3, 0.4) is 0 Å². The third kappa shape index (κ3) is 2.41. The minimum absolute atomic E-state index is 0.699. The van der Waals surface area contributed by atoms with E-state index in [-0.39, 0.29) is 0 Å². The molecule has 0 radical (unpaired) electrons. The smallest absolute Gasteiger partial charge is 0.119 e. The topological polar surface area (TPSA) is 29.5 Å². The molecule has 1 N–H and O–H groups in total. The lowest BCUT2D eigenvalue weighted by Gasteiger charge is -2.17. The Hall–Kier alpha value is -2.84. The first-order chi connectivity index (χ1) is 11.8. The van der Waals surface area contributed by atoms with Gasteiger partial charge in [0.2, 0.25) is 0 Å². The molecule has 0 fully saturated rings. The summed E-state index contributed by atoms with van der Waals surface area (Å²) >= 11 is 0. The van der Waals surface area contributed by atoms with Crippen LogP contribution in [0.2, 0.25) is 0 Å². The van der Waals surface area contributed by atoms with E-state index in [2.05, 4.69) is 30.3 Å². The number of rotatable bonds is 3. The zero-order valence-corrected chi connectivity index (χ0v) is 13.4. The van der Waals surface area contributed by atoms with Crippen LogP contribution in [0.5, 0.6) is 5.75 Å². The van der Waals surface area contributed by atoms with Gasteiger partial charge in [0, 0.05) is 0 Å². The molecule has 0 bridgehead atoms. The van der Waals surface area contributed by atoms with E-state index in [0.29, 0.717) is 0 Å². The van der Waals surface area contributed by atoms with Crippen LogP contribution in [-0.4, -0.2) is 12.2 Å². The second-order valence-electron chi connectivity index (χ2n) is 5.91. The van der Waals surface area contributed by atoms with Crippen LogP contribution in [0, 0.1) is 0 Å². The molecule has 0 aliphatic rings. The monoisotopic (exact) mass is 314 g/mol. The van der Waals surface area contributed by atoms with Crippen molar-refractivity contribution in [2.75, 3.05) is 7.11 Å². The van der Waals surface area contributed by atoms with Gasteiger partial charge in [-0.2, -0.15) is 0 Å². The highest BCUT2D eigenvalue weighted by molar-refractivity contribution is 6.09. The van der Waals surface area contributed by atoms with E-state index in [1.54, 1.807) is 7.11 Å². The van der Waals surface area contributed by atoms with Crippen molar-refractivity contribution in [2.45, 2.75) is 6.10 Å². The Morgan fingerprint density at radius 3 is 2.25 bits per heavy atom. The highest BCUT2D eigenvalue weighted by Crippen LogP contribution is 2.35. The average molecular weight is 314 g/mol. The Bertz CT molecular complexity index is 1020. The van der Waals surface area contributed by atoms with Crippen molar-refractivity contribution in [1.82, 2.24) is 0 Å². The normalized spacial score (nSPS) is 12.4. The molecule has 4 aromatic rings. The second-order valence-corrected chi connectivity index (χ2v) is 5.91. The van der Waals surface area contributed by atoms with Gasteiger partial charge in [0.1, 0.15) is 11.9 Å². The molecule has 4 aromatic carbocycles. The molecule has 0 amide bonds. The SMILES string of the molecule is COc1cccc([C@H](O)c2cc3ccccc3c3ccccc23)c1. The Morgan fingerprint density at radius 2 is 1.46 bits per heavy atom. The van der Waals surface area contributed by atoms with Gasteiger partial charge in [0.25, 0.3) is 0 Å². The molecule has 2 heteroatoms. The summed E-state index contributed by atoms with van der Waals surface area (Å²) in [6.07, 6.45) is -0.699. The van der Waals surface area contributed by atoms with Gasteiger partial charge in [0.15, 0.2) is 0 Å². The van der Waals surface area contributed by atoms with Gasteiger partial charge in [-0.1, -0.05) is 60.7 Å². The minimum Gasteiger partial charge on any atom is -0.497 e. The standard InChI is InChI=1S/C22H18O2/c1-24-17-9-6-8-16(13-17)22(23)21-14-15-7-2-3-10-18(15)19-11-4-5-12-20(19)21/h2-14,22-23H,1H3/t22-/m0/s1. The van der Waals surface area contributed by atoms with Crippen molar-refractivity contribution in [3.8, 4) is 5.75 Å². The number of methoxy groups -OCH3 is 1. The minimum atomic E-state index is -0.699. The Kier molecular flexibility index (Phi) is 3.68.